The Morgan fingerprint density at radius 3 is 2.88 bits per heavy atom. The first-order valence-electron chi connectivity index (χ1n) is 2.33. The molecule has 1 N–H and O–H groups in total. The van der Waals surface area contributed by atoms with E-state index in [-0.39, 0.29) is 5.88 Å². The van der Waals surface area contributed by atoms with E-state index in [0.717, 1.165) is 0 Å². The van der Waals surface area contributed by atoms with E-state index in [0.29, 0.717) is 5.56 Å². The summed E-state index contributed by atoms with van der Waals surface area (Å²) in [7, 11) is 0. The minimum Gasteiger partial charge on any atom is -0.493 e. The van der Waals surface area contributed by atoms with Crippen LogP contribution in [0.1, 0.15) is 5.56 Å². The van der Waals surface area contributed by atoms with Crippen molar-refractivity contribution in [3.8, 4) is 5.88 Å². The highest BCUT2D eigenvalue weighted by Gasteiger charge is 1.89. The van der Waals surface area contributed by atoms with Crippen LogP contribution < -0.4 is 0 Å². The molecule has 0 atom stereocenters. The van der Waals surface area contributed by atoms with Gasteiger partial charge in [-0.25, -0.2) is 4.98 Å². The molecule has 0 amide bonds. The molecule has 1 radical (unpaired) electrons. The van der Waals surface area contributed by atoms with Crippen LogP contribution in [0.3, 0.4) is 0 Å². The molecule has 1 aromatic heterocycles. The molecule has 1 rings (SSSR count). The average Bonchev–Trinajstić information content (AvgIpc) is 1.77. The van der Waals surface area contributed by atoms with E-state index in [1.165, 1.54) is 6.20 Å². The van der Waals surface area contributed by atoms with Crippen molar-refractivity contribution < 1.29 is 5.11 Å². The summed E-state index contributed by atoms with van der Waals surface area (Å²) in [6.07, 6.45) is 1.50. The molecule has 0 unspecified atom stereocenters. The largest absolute Gasteiger partial charge is 0.493 e. The first kappa shape index (κ1) is 5.09. The predicted molar refractivity (Wildman–Crippen MR) is 29.5 cm³/mol. The lowest BCUT2D eigenvalue weighted by atomic mass is 10.3. The molecule has 8 heavy (non-hydrogen) atoms. The van der Waals surface area contributed by atoms with Crippen LogP contribution in [0.5, 0.6) is 5.88 Å². The number of aryl methyl sites for hydroxylation is 1. The van der Waals surface area contributed by atoms with Crippen molar-refractivity contribution >= 4 is 0 Å². The maximum absolute atomic E-state index is 8.78. The lowest BCUT2D eigenvalue weighted by molar-refractivity contribution is 0.449. The Morgan fingerprint density at radius 1 is 1.75 bits per heavy atom. The van der Waals surface area contributed by atoms with Crippen LogP contribution in [-0.4, -0.2) is 10.1 Å². The summed E-state index contributed by atoms with van der Waals surface area (Å²) in [4.78, 5) is 3.60. The molecule has 0 aliphatic heterocycles. The van der Waals surface area contributed by atoms with Gasteiger partial charge in [0.25, 0.3) is 0 Å². The molecule has 2 heteroatoms. The predicted octanol–water partition coefficient (Wildman–Crippen LogP) is 0.896. The van der Waals surface area contributed by atoms with Crippen molar-refractivity contribution in [1.29, 1.82) is 0 Å². The lowest BCUT2D eigenvalue weighted by Gasteiger charge is -1.90. The zero-order valence-electron chi connectivity index (χ0n) is 4.55. The second-order valence-electron chi connectivity index (χ2n) is 1.54. The number of rotatable bonds is 0. The standard InChI is InChI=1S/C6H6NO/c1-5-3-2-4-7-6(5)8/h2,4H,1H3,(H,7,8). The molecule has 41 valence electrons. The monoisotopic (exact) mass is 108 g/mol. The second kappa shape index (κ2) is 1.82. The minimum absolute atomic E-state index is 0.0625. The van der Waals surface area contributed by atoms with E-state index in [1.54, 1.807) is 13.0 Å². The van der Waals surface area contributed by atoms with E-state index in [4.69, 9.17) is 5.11 Å². The fraction of sp³-hybridized carbons (Fsp3) is 0.167. The highest BCUT2D eigenvalue weighted by Crippen LogP contribution is 2.06. The molecule has 2 nitrogen and oxygen atoms in total. The van der Waals surface area contributed by atoms with Crippen LogP contribution >= 0.6 is 0 Å². The molecule has 1 heterocycles. The van der Waals surface area contributed by atoms with Gasteiger partial charge >= 0.3 is 0 Å². The molecule has 0 aliphatic rings. The van der Waals surface area contributed by atoms with E-state index in [1.807, 2.05) is 0 Å². The zero-order chi connectivity index (χ0) is 5.98. The van der Waals surface area contributed by atoms with Crippen LogP contribution in [0.15, 0.2) is 12.3 Å². The first-order valence-corrected chi connectivity index (χ1v) is 2.33. The lowest BCUT2D eigenvalue weighted by Crippen LogP contribution is -1.76. The fourth-order valence-electron chi connectivity index (χ4n) is 0.432. The van der Waals surface area contributed by atoms with E-state index in [2.05, 4.69) is 11.1 Å². The van der Waals surface area contributed by atoms with Crippen LogP contribution in [0, 0.1) is 13.0 Å². The summed E-state index contributed by atoms with van der Waals surface area (Å²) in [6.45, 7) is 1.75. The van der Waals surface area contributed by atoms with Crippen LogP contribution in [-0.2, 0) is 0 Å². The fourth-order valence-corrected chi connectivity index (χ4v) is 0.432. The number of hydrogen-bond donors (Lipinski definition) is 1. The van der Waals surface area contributed by atoms with Gasteiger partial charge < -0.3 is 5.11 Å². The first-order chi connectivity index (χ1) is 3.80. The SMILES string of the molecule is Cc1[c]ccnc1O. The van der Waals surface area contributed by atoms with Gasteiger partial charge in [0, 0.05) is 11.8 Å². The Labute approximate surface area is 47.8 Å². The normalized spacial score (nSPS) is 9.12. The third-order valence-electron chi connectivity index (χ3n) is 0.907. The molecule has 0 aliphatic carbocycles. The number of pyridine rings is 1. The van der Waals surface area contributed by atoms with Gasteiger partial charge in [-0.1, -0.05) is 0 Å². The van der Waals surface area contributed by atoms with Crippen molar-refractivity contribution in [3.63, 3.8) is 0 Å². The third kappa shape index (κ3) is 0.780. The Hall–Kier alpha value is -1.05. The van der Waals surface area contributed by atoms with Gasteiger partial charge in [0.1, 0.15) is 0 Å². The molecule has 0 spiro atoms. The highest BCUT2D eigenvalue weighted by molar-refractivity contribution is 5.19. The Kier molecular flexibility index (Phi) is 1.16. The third-order valence-corrected chi connectivity index (χ3v) is 0.907. The smallest absolute Gasteiger partial charge is 0.214 e. The maximum atomic E-state index is 8.78. The van der Waals surface area contributed by atoms with E-state index >= 15 is 0 Å². The van der Waals surface area contributed by atoms with Crippen molar-refractivity contribution in [2.75, 3.05) is 0 Å². The van der Waals surface area contributed by atoms with Crippen molar-refractivity contribution in [2.45, 2.75) is 6.92 Å². The number of nitrogens with zero attached hydrogens (tertiary/aromatic N) is 1. The molecular weight excluding hydrogens is 102 g/mol. The maximum Gasteiger partial charge on any atom is 0.214 e. The van der Waals surface area contributed by atoms with Gasteiger partial charge in [-0.2, -0.15) is 0 Å². The highest BCUT2D eigenvalue weighted by atomic mass is 16.3. The van der Waals surface area contributed by atoms with Crippen molar-refractivity contribution in [1.82, 2.24) is 4.98 Å². The molecule has 0 saturated heterocycles. The molecular formula is C6H6NO. The number of aromatic nitrogens is 1. The quantitative estimate of drug-likeness (QED) is 0.535. The van der Waals surface area contributed by atoms with Gasteiger partial charge in [-0.15, -0.1) is 0 Å². The Bertz CT molecular complexity index is 165. The zero-order valence-corrected chi connectivity index (χ0v) is 4.55. The number of aromatic hydroxyl groups is 1. The summed E-state index contributed by atoms with van der Waals surface area (Å²) < 4.78 is 0. The molecule has 1 aromatic rings. The molecule has 0 fully saturated rings. The van der Waals surface area contributed by atoms with Gasteiger partial charge in [0.15, 0.2) is 0 Å². The van der Waals surface area contributed by atoms with E-state index < -0.39 is 0 Å². The van der Waals surface area contributed by atoms with Gasteiger partial charge in [0.05, 0.1) is 0 Å². The summed E-state index contributed by atoms with van der Waals surface area (Å²) in [6, 6.07) is 4.45. The Morgan fingerprint density at radius 2 is 2.50 bits per heavy atom. The molecule has 0 saturated carbocycles. The summed E-state index contributed by atoms with van der Waals surface area (Å²) in [5.41, 5.74) is 0.688. The Balaban J connectivity index is 3.13. The van der Waals surface area contributed by atoms with Crippen molar-refractivity contribution in [2.24, 2.45) is 0 Å². The average molecular weight is 108 g/mol. The van der Waals surface area contributed by atoms with Crippen LogP contribution in [0.2, 0.25) is 0 Å². The van der Waals surface area contributed by atoms with Crippen LogP contribution in [0.25, 0.3) is 0 Å². The summed E-state index contributed by atoms with van der Waals surface area (Å²) in [5, 5.41) is 8.78. The van der Waals surface area contributed by atoms with Gasteiger partial charge in [-0.05, 0) is 19.1 Å². The molecule has 0 bridgehead atoms. The number of hydrogen-bond acceptors (Lipinski definition) is 2. The topological polar surface area (TPSA) is 33.1 Å². The minimum atomic E-state index is 0.0625. The molecule has 0 aromatic carbocycles. The summed E-state index contributed by atoms with van der Waals surface area (Å²) >= 11 is 0. The van der Waals surface area contributed by atoms with Crippen LogP contribution in [0.4, 0.5) is 0 Å². The van der Waals surface area contributed by atoms with E-state index in [9.17, 15) is 0 Å². The van der Waals surface area contributed by atoms with Gasteiger partial charge in [0.2, 0.25) is 5.88 Å². The second-order valence-corrected chi connectivity index (χ2v) is 1.54. The van der Waals surface area contributed by atoms with Crippen molar-refractivity contribution in [3.05, 3.63) is 23.9 Å². The summed E-state index contributed by atoms with van der Waals surface area (Å²) in [5.74, 6) is 0.0625. The van der Waals surface area contributed by atoms with Gasteiger partial charge in [-0.3, -0.25) is 0 Å².